The van der Waals surface area contributed by atoms with Crippen LogP contribution in [0.5, 0.6) is 0 Å². The molecular formula is C2H4N4Zr. The first-order valence-corrected chi connectivity index (χ1v) is 1.59. The normalized spacial score (nSPS) is 7.57. The Balaban J connectivity index is 0.000000360. The monoisotopic (exact) mass is 174 g/mol. The molecule has 0 unspecified atom stereocenters. The zero-order valence-electron chi connectivity index (χ0n) is 3.84. The van der Waals surface area contributed by atoms with E-state index in [1.807, 2.05) is 0 Å². The molecule has 0 aromatic carbocycles. The molecule has 1 heterocycles. The molecule has 0 aliphatic rings. The minimum absolute atomic E-state index is 0. The zero-order chi connectivity index (χ0) is 4.41. The largest absolute Gasteiger partial charge is 0.177 e. The molecular weight excluding hydrogens is 171 g/mol. The van der Waals surface area contributed by atoms with Gasteiger partial charge in [-0.15, -0.1) is 10.2 Å². The van der Waals surface area contributed by atoms with Gasteiger partial charge in [0.15, 0.2) is 5.82 Å². The van der Waals surface area contributed by atoms with E-state index < -0.39 is 0 Å². The number of rotatable bonds is 0. The van der Waals surface area contributed by atoms with Gasteiger partial charge in [-0.05, 0) is 6.92 Å². The van der Waals surface area contributed by atoms with Gasteiger partial charge in [-0.25, -0.2) is 0 Å². The van der Waals surface area contributed by atoms with Gasteiger partial charge in [-0.1, -0.05) is 5.21 Å². The summed E-state index contributed by atoms with van der Waals surface area (Å²) in [5.41, 5.74) is 0. The van der Waals surface area contributed by atoms with E-state index in [2.05, 4.69) is 20.6 Å². The third-order valence-electron chi connectivity index (χ3n) is 0.451. The molecule has 0 amide bonds. The van der Waals surface area contributed by atoms with Crippen LogP contribution in [0.1, 0.15) is 5.82 Å². The number of H-pyrrole nitrogens is 1. The van der Waals surface area contributed by atoms with Crippen LogP contribution in [0.4, 0.5) is 0 Å². The van der Waals surface area contributed by atoms with Crippen molar-refractivity contribution in [1.29, 1.82) is 0 Å². The summed E-state index contributed by atoms with van der Waals surface area (Å²) in [6.07, 6.45) is 0. The van der Waals surface area contributed by atoms with Crippen molar-refractivity contribution in [2.45, 2.75) is 6.92 Å². The third kappa shape index (κ3) is 1.92. The molecule has 0 saturated heterocycles. The Morgan fingerprint density at radius 1 is 1.57 bits per heavy atom. The van der Waals surface area contributed by atoms with Gasteiger partial charge in [0.25, 0.3) is 0 Å². The van der Waals surface area contributed by atoms with Crippen molar-refractivity contribution in [3.63, 3.8) is 0 Å². The Bertz CT molecular complexity index is 113. The maximum Gasteiger partial charge on any atom is 0.171 e. The minimum Gasteiger partial charge on any atom is -0.177 e. The number of tetrazole rings is 1. The first-order valence-electron chi connectivity index (χ1n) is 1.59. The number of hydrogen-bond acceptors (Lipinski definition) is 3. The molecule has 1 rings (SSSR count). The molecule has 0 saturated carbocycles. The van der Waals surface area contributed by atoms with E-state index in [9.17, 15) is 0 Å². The van der Waals surface area contributed by atoms with Crippen LogP contribution in [0, 0.1) is 6.92 Å². The average Bonchev–Trinajstić information content (AvgIpc) is 1.86. The summed E-state index contributed by atoms with van der Waals surface area (Å²) in [7, 11) is 0. The minimum atomic E-state index is 0. The predicted octanol–water partition coefficient (Wildman–Crippen LogP) is -0.494. The second-order valence-corrected chi connectivity index (χ2v) is 0.959. The summed E-state index contributed by atoms with van der Waals surface area (Å²) < 4.78 is 0. The van der Waals surface area contributed by atoms with E-state index in [-0.39, 0.29) is 26.2 Å². The maximum atomic E-state index is 3.57. The molecule has 4 nitrogen and oxygen atoms in total. The average molecular weight is 175 g/mol. The fraction of sp³-hybridized carbons (Fsp3) is 0.500. The summed E-state index contributed by atoms with van der Waals surface area (Å²) in [5, 5.41) is 12.7. The van der Waals surface area contributed by atoms with E-state index in [1.165, 1.54) is 0 Å². The first kappa shape index (κ1) is 6.95. The molecule has 0 aliphatic carbocycles. The number of aromatic amines is 1. The van der Waals surface area contributed by atoms with Crippen LogP contribution in [0.3, 0.4) is 0 Å². The Morgan fingerprint density at radius 2 is 2.29 bits per heavy atom. The number of aromatic nitrogens is 4. The van der Waals surface area contributed by atoms with Crippen molar-refractivity contribution in [1.82, 2.24) is 20.6 Å². The Hall–Kier alpha value is -0.0469. The molecule has 36 valence electrons. The molecule has 5 heteroatoms. The molecule has 1 N–H and O–H groups in total. The summed E-state index contributed by atoms with van der Waals surface area (Å²) in [6, 6.07) is 0. The van der Waals surface area contributed by atoms with Gasteiger partial charge in [-0.2, -0.15) is 5.21 Å². The van der Waals surface area contributed by atoms with Gasteiger partial charge in [-0.3, -0.25) is 0 Å². The molecule has 7 heavy (non-hydrogen) atoms. The van der Waals surface area contributed by atoms with Crippen molar-refractivity contribution in [2.75, 3.05) is 0 Å². The van der Waals surface area contributed by atoms with Crippen molar-refractivity contribution < 1.29 is 26.2 Å². The van der Waals surface area contributed by atoms with Gasteiger partial charge in [0, 0.05) is 26.2 Å². The quantitative estimate of drug-likeness (QED) is 0.578. The van der Waals surface area contributed by atoms with Crippen LogP contribution in [-0.4, -0.2) is 20.6 Å². The van der Waals surface area contributed by atoms with Crippen LogP contribution >= 0.6 is 0 Å². The van der Waals surface area contributed by atoms with E-state index in [4.69, 9.17) is 0 Å². The summed E-state index contributed by atoms with van der Waals surface area (Å²) in [4.78, 5) is 0. The maximum absolute atomic E-state index is 3.57. The fourth-order valence-corrected chi connectivity index (χ4v) is 0.212. The summed E-state index contributed by atoms with van der Waals surface area (Å²) >= 11 is 0. The van der Waals surface area contributed by atoms with Crippen LogP contribution < -0.4 is 0 Å². The van der Waals surface area contributed by atoms with Crippen molar-refractivity contribution in [2.24, 2.45) is 0 Å². The van der Waals surface area contributed by atoms with Gasteiger partial charge < -0.3 is 0 Å². The molecule has 0 fully saturated rings. The molecule has 1 aromatic rings. The number of nitrogens with zero attached hydrogens (tertiary/aromatic N) is 3. The first-order chi connectivity index (χ1) is 2.89. The summed E-state index contributed by atoms with van der Waals surface area (Å²) in [5.74, 6) is 0.676. The van der Waals surface area contributed by atoms with E-state index in [0.29, 0.717) is 5.82 Å². The van der Waals surface area contributed by atoms with Gasteiger partial charge in [0.2, 0.25) is 0 Å². The Kier molecular flexibility index (Phi) is 3.00. The standard InChI is InChI=1S/C2H4N4.Zr/c1-2-3-5-6-4-2;/h1H3,(H,3,4,5,6);. The Labute approximate surface area is 59.8 Å². The van der Waals surface area contributed by atoms with Crippen molar-refractivity contribution in [3.05, 3.63) is 5.82 Å². The van der Waals surface area contributed by atoms with Crippen LogP contribution in [-0.2, 0) is 26.2 Å². The SMILES string of the molecule is Cc1nn[nH]n1.[Zr]. The number of aryl methyl sites for hydroxylation is 1. The van der Waals surface area contributed by atoms with Crippen LogP contribution in [0.15, 0.2) is 0 Å². The van der Waals surface area contributed by atoms with Crippen molar-refractivity contribution >= 4 is 0 Å². The van der Waals surface area contributed by atoms with E-state index in [1.54, 1.807) is 6.92 Å². The third-order valence-corrected chi connectivity index (χ3v) is 0.451. The number of nitrogens with one attached hydrogen (secondary N) is 1. The zero-order valence-corrected chi connectivity index (χ0v) is 6.30. The van der Waals surface area contributed by atoms with Crippen molar-refractivity contribution in [3.8, 4) is 0 Å². The van der Waals surface area contributed by atoms with Gasteiger partial charge in [0.05, 0.1) is 0 Å². The fourth-order valence-electron chi connectivity index (χ4n) is 0.212. The smallest absolute Gasteiger partial charge is 0.171 e. The summed E-state index contributed by atoms with van der Waals surface area (Å²) in [6.45, 7) is 1.77. The number of hydrogen-bond donors (Lipinski definition) is 1. The Morgan fingerprint density at radius 3 is 2.43 bits per heavy atom. The molecule has 0 aliphatic heterocycles. The second-order valence-electron chi connectivity index (χ2n) is 0.959. The molecule has 0 radical (unpaired) electrons. The van der Waals surface area contributed by atoms with E-state index in [0.717, 1.165) is 0 Å². The topological polar surface area (TPSA) is 54.5 Å². The molecule has 1 aromatic heterocycles. The van der Waals surface area contributed by atoms with Crippen LogP contribution in [0.2, 0.25) is 0 Å². The van der Waals surface area contributed by atoms with Gasteiger partial charge in [0.1, 0.15) is 0 Å². The molecule has 0 atom stereocenters. The predicted molar refractivity (Wildman–Crippen MR) is 18.9 cm³/mol. The molecule has 0 bridgehead atoms. The van der Waals surface area contributed by atoms with Crippen LogP contribution in [0.25, 0.3) is 0 Å². The van der Waals surface area contributed by atoms with E-state index >= 15 is 0 Å². The molecule has 0 spiro atoms. The second kappa shape index (κ2) is 3.02. The van der Waals surface area contributed by atoms with Gasteiger partial charge >= 0.3 is 0 Å².